The van der Waals surface area contributed by atoms with Crippen LogP contribution in [0.2, 0.25) is 0 Å². The third kappa shape index (κ3) is 2.43. The highest BCUT2D eigenvalue weighted by Crippen LogP contribution is 2.52. The van der Waals surface area contributed by atoms with Crippen LogP contribution in [0, 0.1) is 17.7 Å². The van der Waals surface area contributed by atoms with Crippen molar-refractivity contribution in [3.63, 3.8) is 0 Å². The van der Waals surface area contributed by atoms with E-state index in [1.165, 1.54) is 12.1 Å². The molecule has 5 atom stereocenters. The third-order valence-corrected chi connectivity index (χ3v) is 6.51. The van der Waals surface area contributed by atoms with Gasteiger partial charge < -0.3 is 4.74 Å². The van der Waals surface area contributed by atoms with Crippen LogP contribution in [-0.2, 0) is 20.7 Å². The van der Waals surface area contributed by atoms with Crippen LogP contribution in [0.5, 0.6) is 0 Å². The van der Waals surface area contributed by atoms with Crippen LogP contribution in [0.25, 0.3) is 11.1 Å². The number of ether oxygens (including phenoxy) is 1. The second-order valence-corrected chi connectivity index (χ2v) is 7.85. The van der Waals surface area contributed by atoms with Crippen LogP contribution in [0.15, 0.2) is 42.5 Å². The van der Waals surface area contributed by atoms with Crippen molar-refractivity contribution in [2.45, 2.75) is 44.3 Å². The molecule has 1 aliphatic carbocycles. The Kier molecular flexibility index (Phi) is 3.80. The molecule has 0 spiro atoms. The number of carbonyl (C=O) groups excluding carboxylic acids is 2. The molecule has 138 valence electrons. The summed E-state index contributed by atoms with van der Waals surface area (Å²) in [5.41, 5.74) is 3.74. The average molecular weight is 364 g/mol. The third-order valence-electron chi connectivity index (χ3n) is 6.51. The highest BCUT2D eigenvalue weighted by Gasteiger charge is 2.63. The maximum absolute atomic E-state index is 13.2. The van der Waals surface area contributed by atoms with E-state index in [1.54, 1.807) is 12.1 Å². The topological polar surface area (TPSA) is 43.4 Å². The first-order valence-corrected chi connectivity index (χ1v) is 9.70. The SMILES string of the molecule is CCc1cc(-c2ccc(F)cc2)ccc1C1C(=O)[C@@H]2C3CCC(O3)[C@@H]2C1=O. The molecule has 3 unspecified atom stereocenters. The summed E-state index contributed by atoms with van der Waals surface area (Å²) in [6, 6.07) is 12.3. The number of halogens is 1. The number of ketones is 2. The van der Waals surface area contributed by atoms with E-state index < -0.39 is 5.92 Å². The fraction of sp³-hybridized carbons (Fsp3) is 0.391. The second-order valence-electron chi connectivity index (χ2n) is 7.85. The lowest BCUT2D eigenvalue weighted by atomic mass is 9.81. The van der Waals surface area contributed by atoms with Crippen molar-refractivity contribution in [1.29, 1.82) is 0 Å². The van der Waals surface area contributed by atoms with E-state index in [0.29, 0.717) is 0 Å². The summed E-state index contributed by atoms with van der Waals surface area (Å²) in [4.78, 5) is 26.2. The molecule has 3 nitrogen and oxygen atoms in total. The van der Waals surface area contributed by atoms with Crippen molar-refractivity contribution in [3.05, 3.63) is 59.4 Å². The van der Waals surface area contributed by atoms with Gasteiger partial charge in [-0.05, 0) is 53.6 Å². The second kappa shape index (κ2) is 6.10. The zero-order chi connectivity index (χ0) is 18.7. The first kappa shape index (κ1) is 16.8. The first-order valence-electron chi connectivity index (χ1n) is 9.70. The maximum Gasteiger partial charge on any atom is 0.154 e. The number of hydrogen-bond acceptors (Lipinski definition) is 3. The van der Waals surface area contributed by atoms with E-state index in [9.17, 15) is 14.0 Å². The van der Waals surface area contributed by atoms with E-state index in [0.717, 1.165) is 41.5 Å². The van der Waals surface area contributed by atoms with Gasteiger partial charge in [-0.2, -0.15) is 0 Å². The summed E-state index contributed by atoms with van der Waals surface area (Å²) in [5, 5.41) is 0. The molecular formula is C23H21FO3. The molecule has 0 aromatic heterocycles. The monoisotopic (exact) mass is 364 g/mol. The van der Waals surface area contributed by atoms with Gasteiger partial charge in [-0.15, -0.1) is 0 Å². The number of aryl methyl sites for hydroxylation is 1. The van der Waals surface area contributed by atoms with Gasteiger partial charge in [-0.1, -0.05) is 37.3 Å². The van der Waals surface area contributed by atoms with E-state index in [2.05, 4.69) is 0 Å². The van der Waals surface area contributed by atoms with Gasteiger partial charge in [0.2, 0.25) is 0 Å². The van der Waals surface area contributed by atoms with E-state index in [1.807, 2.05) is 25.1 Å². The number of fused-ring (bicyclic) bond motifs is 5. The summed E-state index contributed by atoms with van der Waals surface area (Å²) in [7, 11) is 0. The molecule has 2 heterocycles. The molecule has 2 aromatic rings. The van der Waals surface area contributed by atoms with E-state index >= 15 is 0 Å². The van der Waals surface area contributed by atoms with E-state index in [4.69, 9.17) is 4.74 Å². The summed E-state index contributed by atoms with van der Waals surface area (Å²) in [6.45, 7) is 2.03. The normalized spacial score (nSPS) is 31.6. The molecule has 2 bridgehead atoms. The quantitative estimate of drug-likeness (QED) is 0.771. The molecule has 2 aromatic carbocycles. The number of Topliss-reactive ketones (excluding diaryl/α,β-unsaturated/α-hetero) is 2. The lowest BCUT2D eigenvalue weighted by Crippen LogP contribution is -2.29. The van der Waals surface area contributed by atoms with E-state index in [-0.39, 0.29) is 41.4 Å². The zero-order valence-electron chi connectivity index (χ0n) is 15.2. The molecule has 3 aliphatic rings. The first-order chi connectivity index (χ1) is 13.1. The molecule has 3 fully saturated rings. The summed E-state index contributed by atoms with van der Waals surface area (Å²) >= 11 is 0. The Balaban J connectivity index is 1.53. The molecule has 0 amide bonds. The molecule has 0 N–H and O–H groups in total. The predicted molar refractivity (Wildman–Crippen MR) is 98.8 cm³/mol. The summed E-state index contributed by atoms with van der Waals surface area (Å²) < 4.78 is 19.0. The highest BCUT2D eigenvalue weighted by atomic mass is 19.1. The molecule has 4 heteroatoms. The van der Waals surface area contributed by atoms with Gasteiger partial charge >= 0.3 is 0 Å². The van der Waals surface area contributed by atoms with Crippen LogP contribution < -0.4 is 0 Å². The van der Waals surface area contributed by atoms with Crippen LogP contribution >= 0.6 is 0 Å². The van der Waals surface area contributed by atoms with Crippen LogP contribution in [0.4, 0.5) is 4.39 Å². The zero-order valence-corrected chi connectivity index (χ0v) is 15.2. The Morgan fingerprint density at radius 1 is 0.926 bits per heavy atom. The van der Waals surface area contributed by atoms with Gasteiger partial charge in [-0.3, -0.25) is 9.59 Å². The minimum absolute atomic E-state index is 0.0430. The van der Waals surface area contributed by atoms with Crippen molar-refractivity contribution in [2.24, 2.45) is 11.8 Å². The summed E-state index contributed by atoms with van der Waals surface area (Å²) in [5.74, 6) is -1.32. The summed E-state index contributed by atoms with van der Waals surface area (Å²) in [6.07, 6.45) is 2.39. The highest BCUT2D eigenvalue weighted by molar-refractivity contribution is 6.17. The fourth-order valence-corrected chi connectivity index (χ4v) is 5.25. The van der Waals surface area contributed by atoms with Crippen LogP contribution in [-0.4, -0.2) is 23.8 Å². The van der Waals surface area contributed by atoms with Gasteiger partial charge in [0.05, 0.1) is 24.0 Å². The van der Waals surface area contributed by atoms with Gasteiger partial charge in [0.25, 0.3) is 0 Å². The van der Waals surface area contributed by atoms with Crippen molar-refractivity contribution in [2.75, 3.05) is 0 Å². The minimum atomic E-state index is -0.649. The molecular weight excluding hydrogens is 343 g/mol. The maximum atomic E-state index is 13.2. The lowest BCUT2D eigenvalue weighted by molar-refractivity contribution is -0.127. The Morgan fingerprint density at radius 3 is 2.11 bits per heavy atom. The Bertz CT molecular complexity index is 905. The number of benzene rings is 2. The molecule has 27 heavy (non-hydrogen) atoms. The van der Waals surface area contributed by atoms with Crippen molar-refractivity contribution >= 4 is 11.6 Å². The number of rotatable bonds is 3. The number of hydrogen-bond donors (Lipinski definition) is 0. The van der Waals surface area contributed by atoms with Gasteiger partial charge in [0.1, 0.15) is 11.7 Å². The minimum Gasteiger partial charge on any atom is -0.373 e. The Hall–Kier alpha value is -2.33. The van der Waals surface area contributed by atoms with Crippen molar-refractivity contribution < 1.29 is 18.7 Å². The smallest absolute Gasteiger partial charge is 0.154 e. The lowest BCUT2D eigenvalue weighted by Gasteiger charge is -2.17. The number of carbonyl (C=O) groups is 2. The Morgan fingerprint density at radius 2 is 1.52 bits per heavy atom. The van der Waals surface area contributed by atoms with Gasteiger partial charge in [-0.25, -0.2) is 4.39 Å². The molecule has 5 rings (SSSR count). The van der Waals surface area contributed by atoms with Crippen LogP contribution in [0.3, 0.4) is 0 Å². The van der Waals surface area contributed by atoms with Gasteiger partial charge in [0.15, 0.2) is 11.6 Å². The molecule has 2 aliphatic heterocycles. The largest absolute Gasteiger partial charge is 0.373 e. The molecule has 2 saturated heterocycles. The van der Waals surface area contributed by atoms with Crippen molar-refractivity contribution in [3.8, 4) is 11.1 Å². The molecule has 1 saturated carbocycles. The fourth-order valence-electron chi connectivity index (χ4n) is 5.25. The predicted octanol–water partition coefficient (Wildman–Crippen LogP) is 4.08. The Labute approximate surface area is 157 Å². The standard InChI is InChI=1S/C23H21FO3/c1-2-12-11-14(13-3-6-15(24)7-4-13)5-8-16(12)19-22(25)20-17-9-10-18(27-17)21(20)23(19)26/h3-8,11,17-21H,2,9-10H2,1H3/t17?,18?,19?,20-,21+. The van der Waals surface area contributed by atoms with Gasteiger partial charge in [0, 0.05) is 0 Å². The molecule has 0 radical (unpaired) electrons. The van der Waals surface area contributed by atoms with Crippen LogP contribution in [0.1, 0.15) is 36.8 Å². The average Bonchev–Trinajstić information content (AvgIpc) is 3.36. The van der Waals surface area contributed by atoms with Crippen molar-refractivity contribution in [1.82, 2.24) is 0 Å².